The Kier molecular flexibility index (Phi) is 9.07. The van der Waals surface area contributed by atoms with E-state index in [-0.39, 0.29) is 5.41 Å². The molecule has 306 valence electrons. The van der Waals surface area contributed by atoms with Crippen LogP contribution in [0.4, 0.5) is 34.1 Å². The summed E-state index contributed by atoms with van der Waals surface area (Å²) in [5, 5.41) is 7.64. The highest BCUT2D eigenvalue weighted by Crippen LogP contribution is 2.53. The van der Waals surface area contributed by atoms with E-state index in [0.717, 1.165) is 29.2 Å². The number of aryl methyl sites for hydroxylation is 4. The van der Waals surface area contributed by atoms with Gasteiger partial charge in [-0.3, -0.25) is 0 Å². The lowest BCUT2D eigenvalue weighted by atomic mass is 9.83. The van der Waals surface area contributed by atoms with Gasteiger partial charge in [0, 0.05) is 34.0 Å². The largest absolute Gasteiger partial charge is 0.309 e. The summed E-state index contributed by atoms with van der Waals surface area (Å²) in [6, 6.07) is 66.9. The molecule has 63 heavy (non-hydrogen) atoms. The highest BCUT2D eigenvalue weighted by atomic mass is 15.2. The van der Waals surface area contributed by atoms with Gasteiger partial charge in [0.1, 0.15) is 0 Å². The molecule has 1 aliphatic rings. The lowest BCUT2D eigenvalue weighted by Crippen LogP contribution is -2.19. The first-order chi connectivity index (χ1) is 30.5. The van der Waals surface area contributed by atoms with Crippen LogP contribution in [0, 0.1) is 27.7 Å². The molecule has 0 aromatic heterocycles. The van der Waals surface area contributed by atoms with Crippen molar-refractivity contribution in [1.29, 1.82) is 0 Å². The van der Waals surface area contributed by atoms with E-state index in [4.69, 9.17) is 0 Å². The van der Waals surface area contributed by atoms with E-state index in [1.807, 2.05) is 0 Å². The second kappa shape index (κ2) is 14.7. The minimum absolute atomic E-state index is 0.0127. The minimum atomic E-state index is 0.0127. The topological polar surface area (TPSA) is 6.48 Å². The SMILES string of the molecule is Cc1cccc(N2c3cc(-c4ccccc4C)ccc3Cc3ccc(-c4ccccc4C)cc3N(c3cccc(C)c3)c3cc2c2ccc4cc(C(C)(C)C)cc5ccc3c2c45)c1. The van der Waals surface area contributed by atoms with Crippen molar-refractivity contribution < 1.29 is 0 Å². The van der Waals surface area contributed by atoms with Gasteiger partial charge in [0.05, 0.1) is 22.7 Å². The summed E-state index contributed by atoms with van der Waals surface area (Å²) < 4.78 is 0. The van der Waals surface area contributed by atoms with Crippen molar-refractivity contribution in [3.8, 4) is 22.3 Å². The van der Waals surface area contributed by atoms with Gasteiger partial charge in [-0.2, -0.15) is 0 Å². The summed E-state index contributed by atoms with van der Waals surface area (Å²) in [5.74, 6) is 0. The van der Waals surface area contributed by atoms with Gasteiger partial charge in [-0.1, -0.05) is 154 Å². The Bertz CT molecular complexity index is 3210. The zero-order valence-electron chi connectivity index (χ0n) is 37.3. The normalized spacial score (nSPS) is 12.9. The lowest BCUT2D eigenvalue weighted by Gasteiger charge is -2.36. The maximum atomic E-state index is 2.57. The number of anilines is 6. The third kappa shape index (κ3) is 6.55. The monoisotopic (exact) mass is 812 g/mol. The molecule has 10 aromatic carbocycles. The third-order valence-corrected chi connectivity index (χ3v) is 13.5. The zero-order valence-corrected chi connectivity index (χ0v) is 37.3. The molecule has 2 nitrogen and oxygen atoms in total. The Balaban J connectivity index is 1.33. The van der Waals surface area contributed by atoms with Crippen LogP contribution in [0.3, 0.4) is 0 Å². The fourth-order valence-electron chi connectivity index (χ4n) is 10.2. The number of fused-ring (bicyclic) bond motifs is 6. The zero-order chi connectivity index (χ0) is 43.1. The maximum absolute atomic E-state index is 2.57. The van der Waals surface area contributed by atoms with Crippen LogP contribution in [0.15, 0.2) is 176 Å². The van der Waals surface area contributed by atoms with E-state index in [0.29, 0.717) is 0 Å². The molecule has 1 heterocycles. The highest BCUT2D eigenvalue weighted by molar-refractivity contribution is 6.29. The second-order valence-corrected chi connectivity index (χ2v) is 18.9. The van der Waals surface area contributed by atoms with Crippen LogP contribution in [-0.2, 0) is 11.8 Å². The predicted octanol–water partition coefficient (Wildman–Crippen LogP) is 17.3. The van der Waals surface area contributed by atoms with Crippen molar-refractivity contribution in [2.75, 3.05) is 9.80 Å². The van der Waals surface area contributed by atoms with E-state index in [1.54, 1.807) is 0 Å². The molecule has 10 aromatic rings. The van der Waals surface area contributed by atoms with Crippen molar-refractivity contribution in [3.63, 3.8) is 0 Å². The first-order valence-electron chi connectivity index (χ1n) is 22.4. The van der Waals surface area contributed by atoms with E-state index in [2.05, 4.69) is 234 Å². The summed E-state index contributed by atoms with van der Waals surface area (Å²) >= 11 is 0. The molecule has 2 heteroatoms. The van der Waals surface area contributed by atoms with Gasteiger partial charge in [0.2, 0.25) is 0 Å². The number of rotatable bonds is 4. The molecule has 1 aliphatic heterocycles. The van der Waals surface area contributed by atoms with E-state index in [9.17, 15) is 0 Å². The molecule has 0 radical (unpaired) electrons. The number of hydrogen-bond acceptors (Lipinski definition) is 2. The fraction of sp³-hybridized carbons (Fsp3) is 0.148. The van der Waals surface area contributed by atoms with Crippen LogP contribution < -0.4 is 9.80 Å². The minimum Gasteiger partial charge on any atom is -0.309 e. The average molecular weight is 813 g/mol. The van der Waals surface area contributed by atoms with Crippen molar-refractivity contribution in [2.24, 2.45) is 0 Å². The molecule has 0 aliphatic carbocycles. The molecule has 11 rings (SSSR count). The molecule has 0 spiro atoms. The van der Waals surface area contributed by atoms with Crippen LogP contribution in [0.2, 0.25) is 0 Å². The Hall–Kier alpha value is -7.16. The number of hydrogen-bond donors (Lipinski definition) is 0. The summed E-state index contributed by atoms with van der Waals surface area (Å²) in [5.41, 5.74) is 20.8. The maximum Gasteiger partial charge on any atom is 0.0561 e. The van der Waals surface area contributed by atoms with Gasteiger partial charge in [0.15, 0.2) is 0 Å². The first kappa shape index (κ1) is 38.7. The Morgan fingerprint density at radius 1 is 0.397 bits per heavy atom. The average Bonchev–Trinajstić information content (AvgIpc) is 3.27. The van der Waals surface area contributed by atoms with Crippen molar-refractivity contribution in [3.05, 3.63) is 215 Å². The lowest BCUT2D eigenvalue weighted by molar-refractivity contribution is 0.591. The van der Waals surface area contributed by atoms with Gasteiger partial charge in [-0.25, -0.2) is 0 Å². The van der Waals surface area contributed by atoms with Gasteiger partial charge >= 0.3 is 0 Å². The van der Waals surface area contributed by atoms with Crippen LogP contribution >= 0.6 is 0 Å². The summed E-state index contributed by atoms with van der Waals surface area (Å²) in [4.78, 5) is 5.14. The van der Waals surface area contributed by atoms with Gasteiger partial charge in [0.25, 0.3) is 0 Å². The molecule has 0 unspecified atom stereocenters. The Labute approximate surface area is 372 Å². The molecule has 2 bridgehead atoms. The molecule has 0 amide bonds. The summed E-state index contributed by atoms with van der Waals surface area (Å²) in [6.07, 6.45) is 0.743. The molecular formula is C61H52N2. The van der Waals surface area contributed by atoms with E-state index in [1.165, 1.54) is 105 Å². The molecule has 0 saturated heterocycles. The standard InChI is InChI=1S/C61H52N2/c1-38-14-12-18-49(30-38)62-55-35-42(51-20-10-8-16-40(51)3)22-24-44(55)32-45-25-23-43(52-21-11-9-17-41(52)4)36-56(45)63(50-19-13-15-39(2)31-50)58-37-57(62)53-28-26-46-33-48(61(5,6)7)34-47-27-29-54(58)60(53)59(46)47/h8-31,33-37H,32H2,1-7H3. The van der Waals surface area contributed by atoms with Crippen LogP contribution in [0.5, 0.6) is 0 Å². The van der Waals surface area contributed by atoms with E-state index < -0.39 is 0 Å². The van der Waals surface area contributed by atoms with Gasteiger partial charge in [-0.05, 0) is 153 Å². The Morgan fingerprint density at radius 2 is 0.873 bits per heavy atom. The van der Waals surface area contributed by atoms with Crippen molar-refractivity contribution in [2.45, 2.75) is 60.3 Å². The van der Waals surface area contributed by atoms with Crippen molar-refractivity contribution >= 4 is 66.4 Å². The molecule has 0 saturated carbocycles. The van der Waals surface area contributed by atoms with Crippen molar-refractivity contribution in [1.82, 2.24) is 0 Å². The van der Waals surface area contributed by atoms with Gasteiger partial charge in [-0.15, -0.1) is 0 Å². The smallest absolute Gasteiger partial charge is 0.0561 e. The summed E-state index contributed by atoms with van der Waals surface area (Å²) in [7, 11) is 0. The number of benzene rings is 10. The van der Waals surface area contributed by atoms with Crippen LogP contribution in [0.25, 0.3) is 54.6 Å². The first-order valence-corrected chi connectivity index (χ1v) is 22.4. The quantitative estimate of drug-likeness (QED) is 0.163. The summed E-state index contributed by atoms with van der Waals surface area (Å²) in [6.45, 7) is 15.8. The second-order valence-electron chi connectivity index (χ2n) is 18.9. The third-order valence-electron chi connectivity index (χ3n) is 13.5. The molecule has 0 fully saturated rings. The number of nitrogens with zero attached hydrogens (tertiary/aromatic N) is 2. The highest BCUT2D eigenvalue weighted by Gasteiger charge is 2.29. The van der Waals surface area contributed by atoms with E-state index >= 15 is 0 Å². The fourth-order valence-corrected chi connectivity index (χ4v) is 10.2. The van der Waals surface area contributed by atoms with Crippen LogP contribution in [0.1, 0.15) is 59.7 Å². The predicted molar refractivity (Wildman–Crippen MR) is 271 cm³/mol. The molecular weight excluding hydrogens is 761 g/mol. The van der Waals surface area contributed by atoms with Crippen LogP contribution in [-0.4, -0.2) is 0 Å². The molecule has 0 N–H and O–H groups in total. The molecule has 0 atom stereocenters. The van der Waals surface area contributed by atoms with Gasteiger partial charge < -0.3 is 9.80 Å². The Morgan fingerprint density at radius 3 is 1.32 bits per heavy atom.